The zero-order valence-corrected chi connectivity index (χ0v) is 12.9. The van der Waals surface area contributed by atoms with E-state index in [1.54, 1.807) is 18.4 Å². The molecule has 0 atom stereocenters. The molecule has 0 bridgehead atoms. The molecule has 0 aliphatic heterocycles. The van der Waals surface area contributed by atoms with Crippen LogP contribution in [0.4, 0.5) is 0 Å². The van der Waals surface area contributed by atoms with Gasteiger partial charge in [0.1, 0.15) is 6.54 Å². The number of hydrogen-bond acceptors (Lipinski definition) is 3. The number of esters is 1. The second-order valence-electron chi connectivity index (χ2n) is 5.00. The van der Waals surface area contributed by atoms with Gasteiger partial charge in [0.25, 0.3) is 0 Å². The number of carbonyl (C=O) groups excluding carboxylic acids is 1. The smallest absolute Gasteiger partial charge is 0.340 e. The van der Waals surface area contributed by atoms with E-state index in [0.29, 0.717) is 11.3 Å². The second kappa shape index (κ2) is 6.47. The van der Waals surface area contributed by atoms with Crippen LogP contribution in [0.5, 0.6) is 0 Å². The van der Waals surface area contributed by atoms with E-state index in [1.807, 2.05) is 37.3 Å². The van der Waals surface area contributed by atoms with Gasteiger partial charge in [0.15, 0.2) is 0 Å². The number of aromatic nitrogens is 1. The molecule has 0 saturated carbocycles. The van der Waals surface area contributed by atoms with Gasteiger partial charge in [-0.25, -0.2) is 4.79 Å². The quantitative estimate of drug-likeness (QED) is 0.862. The summed E-state index contributed by atoms with van der Waals surface area (Å²) in [5.74, 6) is -1.37. The number of benzene rings is 1. The monoisotopic (exact) mass is 301 g/mol. The standard InChI is InChI=1S/C17H19NO4/c1-4-22-17(21)15-11(2)16(13-8-6-5-7-9-13)18(12(15)3)10-14(19)20/h5-9H,4,10H2,1-3H3,(H,19,20). The molecule has 2 aromatic rings. The summed E-state index contributed by atoms with van der Waals surface area (Å²) >= 11 is 0. The summed E-state index contributed by atoms with van der Waals surface area (Å²) < 4.78 is 6.75. The van der Waals surface area contributed by atoms with Crippen molar-refractivity contribution in [2.75, 3.05) is 6.61 Å². The van der Waals surface area contributed by atoms with Crippen molar-refractivity contribution in [2.45, 2.75) is 27.3 Å². The average molecular weight is 301 g/mol. The Morgan fingerprint density at radius 2 is 1.82 bits per heavy atom. The molecule has 0 spiro atoms. The Balaban J connectivity index is 2.67. The molecular formula is C17H19NO4. The van der Waals surface area contributed by atoms with Gasteiger partial charge in [-0.05, 0) is 31.9 Å². The molecule has 116 valence electrons. The van der Waals surface area contributed by atoms with E-state index < -0.39 is 11.9 Å². The van der Waals surface area contributed by atoms with Crippen LogP contribution in [0, 0.1) is 13.8 Å². The zero-order chi connectivity index (χ0) is 16.3. The van der Waals surface area contributed by atoms with Crippen molar-refractivity contribution < 1.29 is 19.4 Å². The first-order valence-corrected chi connectivity index (χ1v) is 7.11. The van der Waals surface area contributed by atoms with E-state index in [9.17, 15) is 9.59 Å². The molecule has 2 rings (SSSR count). The predicted molar refractivity (Wildman–Crippen MR) is 82.9 cm³/mol. The van der Waals surface area contributed by atoms with E-state index in [-0.39, 0.29) is 13.2 Å². The van der Waals surface area contributed by atoms with Crippen LogP contribution in [-0.4, -0.2) is 28.2 Å². The molecular weight excluding hydrogens is 282 g/mol. The molecule has 5 nitrogen and oxygen atoms in total. The molecule has 0 saturated heterocycles. The van der Waals surface area contributed by atoms with Crippen LogP contribution in [-0.2, 0) is 16.1 Å². The Morgan fingerprint density at radius 3 is 2.36 bits per heavy atom. The summed E-state index contributed by atoms with van der Waals surface area (Å²) in [6.07, 6.45) is 0. The van der Waals surface area contributed by atoms with Crippen LogP contribution in [0.1, 0.15) is 28.5 Å². The summed E-state index contributed by atoms with van der Waals surface area (Å²) in [5, 5.41) is 9.17. The van der Waals surface area contributed by atoms with Gasteiger partial charge in [0.05, 0.1) is 17.9 Å². The third-order valence-electron chi connectivity index (χ3n) is 3.59. The minimum atomic E-state index is -0.953. The van der Waals surface area contributed by atoms with Gasteiger partial charge in [-0.15, -0.1) is 0 Å². The van der Waals surface area contributed by atoms with E-state index >= 15 is 0 Å². The van der Waals surface area contributed by atoms with Crippen LogP contribution in [0.25, 0.3) is 11.3 Å². The lowest BCUT2D eigenvalue weighted by Crippen LogP contribution is -2.12. The summed E-state index contributed by atoms with van der Waals surface area (Å²) in [4.78, 5) is 23.4. The van der Waals surface area contributed by atoms with Crippen molar-refractivity contribution in [1.82, 2.24) is 4.57 Å². The van der Waals surface area contributed by atoms with Crippen LogP contribution < -0.4 is 0 Å². The van der Waals surface area contributed by atoms with Crippen molar-refractivity contribution in [1.29, 1.82) is 0 Å². The Morgan fingerprint density at radius 1 is 1.18 bits per heavy atom. The number of carbonyl (C=O) groups is 2. The Labute approximate surface area is 129 Å². The molecule has 0 radical (unpaired) electrons. The number of ether oxygens (including phenoxy) is 1. The minimum absolute atomic E-state index is 0.198. The highest BCUT2D eigenvalue weighted by atomic mass is 16.5. The zero-order valence-electron chi connectivity index (χ0n) is 12.9. The summed E-state index contributed by atoms with van der Waals surface area (Å²) in [7, 11) is 0. The first kappa shape index (κ1) is 15.8. The molecule has 0 amide bonds. The molecule has 22 heavy (non-hydrogen) atoms. The first-order valence-electron chi connectivity index (χ1n) is 7.11. The molecule has 1 N–H and O–H groups in total. The maximum atomic E-state index is 12.2. The van der Waals surface area contributed by atoms with Crippen molar-refractivity contribution >= 4 is 11.9 Å². The first-order chi connectivity index (χ1) is 10.5. The number of carboxylic acid groups (broad SMARTS) is 1. The van der Waals surface area contributed by atoms with Crippen LogP contribution in [0.3, 0.4) is 0 Å². The lowest BCUT2D eigenvalue weighted by atomic mass is 10.1. The highest BCUT2D eigenvalue weighted by molar-refractivity contribution is 5.95. The number of carboxylic acids is 1. The molecule has 0 unspecified atom stereocenters. The predicted octanol–water partition coefficient (Wildman–Crippen LogP) is 3.03. The largest absolute Gasteiger partial charge is 0.480 e. The van der Waals surface area contributed by atoms with Gasteiger partial charge >= 0.3 is 11.9 Å². The lowest BCUT2D eigenvalue weighted by Gasteiger charge is -2.10. The molecule has 0 fully saturated rings. The number of rotatable bonds is 5. The third kappa shape index (κ3) is 2.88. The fourth-order valence-electron chi connectivity index (χ4n) is 2.70. The van der Waals surface area contributed by atoms with Gasteiger partial charge in [-0.2, -0.15) is 0 Å². The third-order valence-corrected chi connectivity index (χ3v) is 3.59. The maximum Gasteiger partial charge on any atom is 0.340 e. The van der Waals surface area contributed by atoms with Gasteiger partial charge in [-0.1, -0.05) is 30.3 Å². The summed E-state index contributed by atoms with van der Waals surface area (Å²) in [6.45, 7) is 5.39. The van der Waals surface area contributed by atoms with Crippen LogP contribution in [0.15, 0.2) is 30.3 Å². The highest BCUT2D eigenvalue weighted by Gasteiger charge is 2.25. The van der Waals surface area contributed by atoms with Crippen molar-refractivity contribution in [2.24, 2.45) is 0 Å². The van der Waals surface area contributed by atoms with Gasteiger partial charge in [0.2, 0.25) is 0 Å². The fourth-order valence-corrected chi connectivity index (χ4v) is 2.70. The number of aliphatic carboxylic acids is 1. The molecule has 5 heteroatoms. The van der Waals surface area contributed by atoms with Gasteiger partial charge < -0.3 is 14.4 Å². The Hall–Kier alpha value is -2.56. The minimum Gasteiger partial charge on any atom is -0.480 e. The fraction of sp³-hybridized carbons (Fsp3) is 0.294. The maximum absolute atomic E-state index is 12.2. The van der Waals surface area contributed by atoms with Crippen LogP contribution >= 0.6 is 0 Å². The molecule has 1 aromatic heterocycles. The number of hydrogen-bond donors (Lipinski definition) is 1. The van der Waals surface area contributed by atoms with Crippen molar-refractivity contribution in [3.63, 3.8) is 0 Å². The second-order valence-corrected chi connectivity index (χ2v) is 5.00. The molecule has 0 aliphatic carbocycles. The van der Waals surface area contributed by atoms with Gasteiger partial charge in [0, 0.05) is 5.69 Å². The van der Waals surface area contributed by atoms with Crippen molar-refractivity contribution in [3.8, 4) is 11.3 Å². The Kier molecular flexibility index (Phi) is 4.65. The molecule has 0 aliphatic rings. The lowest BCUT2D eigenvalue weighted by molar-refractivity contribution is -0.137. The van der Waals surface area contributed by atoms with E-state index in [1.165, 1.54) is 0 Å². The molecule has 1 heterocycles. The molecule has 1 aromatic carbocycles. The van der Waals surface area contributed by atoms with Crippen molar-refractivity contribution in [3.05, 3.63) is 47.2 Å². The SMILES string of the molecule is CCOC(=O)c1c(C)c(-c2ccccc2)n(CC(=O)O)c1C. The number of nitrogens with zero attached hydrogens (tertiary/aromatic N) is 1. The normalized spacial score (nSPS) is 10.5. The van der Waals surface area contributed by atoms with Crippen LogP contribution in [0.2, 0.25) is 0 Å². The Bertz CT molecular complexity index is 701. The summed E-state index contributed by atoms with van der Waals surface area (Å²) in [6, 6.07) is 9.45. The summed E-state index contributed by atoms with van der Waals surface area (Å²) in [5.41, 5.74) is 3.41. The van der Waals surface area contributed by atoms with E-state index in [4.69, 9.17) is 9.84 Å². The van der Waals surface area contributed by atoms with E-state index in [0.717, 1.165) is 16.8 Å². The highest BCUT2D eigenvalue weighted by Crippen LogP contribution is 2.31. The van der Waals surface area contributed by atoms with E-state index in [2.05, 4.69) is 0 Å². The average Bonchev–Trinajstić information content (AvgIpc) is 2.71. The topological polar surface area (TPSA) is 68.5 Å². The van der Waals surface area contributed by atoms with Gasteiger partial charge in [-0.3, -0.25) is 4.79 Å².